The van der Waals surface area contributed by atoms with E-state index in [4.69, 9.17) is 13.9 Å². The molecular weight excluding hydrogens is 348 g/mol. The Labute approximate surface area is 156 Å². The van der Waals surface area contributed by atoms with Gasteiger partial charge in [-0.3, -0.25) is 0 Å². The van der Waals surface area contributed by atoms with E-state index in [9.17, 15) is 9.59 Å². The summed E-state index contributed by atoms with van der Waals surface area (Å²) in [5, 5.41) is 0.773. The number of aryl methyl sites for hydroxylation is 1. The first-order chi connectivity index (χ1) is 12.9. The lowest BCUT2D eigenvalue weighted by atomic mass is 10.00. The van der Waals surface area contributed by atoms with Gasteiger partial charge in [0.15, 0.2) is 6.10 Å². The van der Waals surface area contributed by atoms with Crippen LogP contribution in [0.4, 0.5) is 0 Å². The normalized spacial score (nSPS) is 11.9. The van der Waals surface area contributed by atoms with Gasteiger partial charge in [-0.05, 0) is 49.2 Å². The summed E-state index contributed by atoms with van der Waals surface area (Å²) in [6.07, 6.45) is -0.775. The Morgan fingerprint density at radius 3 is 2.41 bits per heavy atom. The highest BCUT2D eigenvalue weighted by Crippen LogP contribution is 2.34. The number of carbonyl (C=O) groups excluding carboxylic acids is 1. The van der Waals surface area contributed by atoms with Crippen molar-refractivity contribution >= 4 is 16.9 Å². The van der Waals surface area contributed by atoms with Crippen molar-refractivity contribution in [3.8, 4) is 22.6 Å². The van der Waals surface area contributed by atoms with Gasteiger partial charge < -0.3 is 18.6 Å². The second-order valence-corrected chi connectivity index (χ2v) is 6.06. The molecule has 6 heteroatoms. The van der Waals surface area contributed by atoms with Crippen LogP contribution in [0.1, 0.15) is 12.5 Å². The fraction of sp³-hybridized carbons (Fsp3) is 0.238. The average Bonchev–Trinajstić information content (AvgIpc) is 2.69. The molecule has 2 aromatic carbocycles. The average molecular weight is 368 g/mol. The van der Waals surface area contributed by atoms with E-state index in [1.54, 1.807) is 27.0 Å². The zero-order valence-corrected chi connectivity index (χ0v) is 15.6. The Bertz CT molecular complexity index is 1030. The summed E-state index contributed by atoms with van der Waals surface area (Å²) in [5.41, 5.74) is 2.21. The van der Waals surface area contributed by atoms with Crippen LogP contribution in [-0.2, 0) is 9.53 Å². The third-order valence-electron chi connectivity index (χ3n) is 4.35. The predicted octanol–water partition coefficient (Wildman–Crippen LogP) is 3.72. The molecule has 0 saturated carbocycles. The van der Waals surface area contributed by atoms with E-state index in [1.807, 2.05) is 30.3 Å². The zero-order chi connectivity index (χ0) is 19.6. The monoisotopic (exact) mass is 368 g/mol. The predicted molar refractivity (Wildman–Crippen MR) is 101 cm³/mol. The van der Waals surface area contributed by atoms with Crippen LogP contribution < -0.4 is 15.1 Å². The smallest absolute Gasteiger partial charge is 0.346 e. The van der Waals surface area contributed by atoms with E-state index in [0.717, 1.165) is 22.3 Å². The van der Waals surface area contributed by atoms with Crippen LogP contribution in [0.2, 0.25) is 0 Å². The summed E-state index contributed by atoms with van der Waals surface area (Å²) in [6, 6.07) is 12.4. The fourth-order valence-electron chi connectivity index (χ4n) is 2.88. The standard InChI is InChI=1S/C21H20O6/c1-12-18(26-13(2)21(23)25-4)10-9-16-17(11-19(22)27-20(12)16)14-5-7-15(24-3)8-6-14/h5-11,13H,1-4H3/t13-/m0/s1. The molecule has 0 bridgehead atoms. The van der Waals surface area contributed by atoms with Gasteiger partial charge in [-0.1, -0.05) is 12.1 Å². The molecule has 6 nitrogen and oxygen atoms in total. The molecule has 0 aliphatic rings. The molecule has 0 unspecified atom stereocenters. The van der Waals surface area contributed by atoms with Gasteiger partial charge in [-0.2, -0.15) is 0 Å². The Morgan fingerprint density at radius 1 is 1.07 bits per heavy atom. The van der Waals surface area contributed by atoms with Gasteiger partial charge in [-0.15, -0.1) is 0 Å². The molecule has 27 heavy (non-hydrogen) atoms. The van der Waals surface area contributed by atoms with Crippen LogP contribution in [0.15, 0.2) is 51.7 Å². The van der Waals surface area contributed by atoms with Crippen LogP contribution in [0.5, 0.6) is 11.5 Å². The van der Waals surface area contributed by atoms with Gasteiger partial charge in [0.25, 0.3) is 0 Å². The molecular formula is C21H20O6. The summed E-state index contributed by atoms with van der Waals surface area (Å²) >= 11 is 0. The third kappa shape index (κ3) is 3.65. The van der Waals surface area contributed by atoms with Crippen molar-refractivity contribution in [3.05, 3.63) is 58.4 Å². The minimum Gasteiger partial charge on any atom is -0.497 e. The maximum absolute atomic E-state index is 12.1. The maximum Gasteiger partial charge on any atom is 0.346 e. The van der Waals surface area contributed by atoms with E-state index >= 15 is 0 Å². The van der Waals surface area contributed by atoms with Gasteiger partial charge >= 0.3 is 11.6 Å². The van der Waals surface area contributed by atoms with E-state index < -0.39 is 17.7 Å². The van der Waals surface area contributed by atoms with Crippen molar-refractivity contribution in [3.63, 3.8) is 0 Å². The van der Waals surface area contributed by atoms with Crippen LogP contribution in [0, 0.1) is 6.92 Å². The quantitative estimate of drug-likeness (QED) is 0.505. The molecule has 3 rings (SSSR count). The van der Waals surface area contributed by atoms with Crippen LogP contribution in [0.25, 0.3) is 22.1 Å². The SMILES string of the molecule is COC(=O)[C@H](C)Oc1ccc2c(-c3ccc(OC)cc3)cc(=O)oc2c1C. The minimum absolute atomic E-state index is 0.419. The van der Waals surface area contributed by atoms with E-state index in [-0.39, 0.29) is 0 Å². The van der Waals surface area contributed by atoms with Crippen LogP contribution >= 0.6 is 0 Å². The topological polar surface area (TPSA) is 75.0 Å². The molecule has 0 amide bonds. The van der Waals surface area contributed by atoms with Gasteiger partial charge in [-0.25, -0.2) is 9.59 Å². The highest BCUT2D eigenvalue weighted by Gasteiger charge is 2.18. The molecule has 1 heterocycles. The van der Waals surface area contributed by atoms with E-state index in [1.165, 1.54) is 13.2 Å². The van der Waals surface area contributed by atoms with Gasteiger partial charge in [0.05, 0.1) is 14.2 Å². The van der Waals surface area contributed by atoms with E-state index in [0.29, 0.717) is 16.9 Å². The molecule has 0 aliphatic heterocycles. The number of hydrogen-bond acceptors (Lipinski definition) is 6. The Kier molecular flexibility index (Phi) is 5.16. The van der Waals surface area contributed by atoms with Crippen molar-refractivity contribution in [1.82, 2.24) is 0 Å². The molecule has 0 fully saturated rings. The second-order valence-electron chi connectivity index (χ2n) is 6.06. The van der Waals surface area contributed by atoms with Crippen LogP contribution in [-0.4, -0.2) is 26.3 Å². The summed E-state index contributed by atoms with van der Waals surface area (Å²) < 4.78 is 21.0. The first kappa shape index (κ1) is 18.5. The lowest BCUT2D eigenvalue weighted by Gasteiger charge is -2.16. The number of hydrogen-bond donors (Lipinski definition) is 0. The van der Waals surface area contributed by atoms with Gasteiger partial charge in [0.2, 0.25) is 0 Å². The molecule has 1 aromatic heterocycles. The molecule has 0 spiro atoms. The summed E-state index contributed by atoms with van der Waals surface area (Å²) in [5.74, 6) is 0.702. The number of methoxy groups -OCH3 is 2. The number of benzene rings is 2. The summed E-state index contributed by atoms with van der Waals surface area (Å²) in [7, 11) is 2.90. The fourth-order valence-corrected chi connectivity index (χ4v) is 2.88. The zero-order valence-electron chi connectivity index (χ0n) is 15.6. The number of ether oxygens (including phenoxy) is 3. The van der Waals surface area contributed by atoms with Gasteiger partial charge in [0, 0.05) is 17.0 Å². The van der Waals surface area contributed by atoms with Crippen molar-refractivity contribution in [1.29, 1.82) is 0 Å². The highest BCUT2D eigenvalue weighted by molar-refractivity contribution is 5.95. The van der Waals surface area contributed by atoms with Crippen molar-refractivity contribution < 1.29 is 23.4 Å². The molecule has 0 radical (unpaired) electrons. The molecule has 0 N–H and O–H groups in total. The minimum atomic E-state index is -0.775. The van der Waals surface area contributed by atoms with Crippen molar-refractivity contribution in [2.75, 3.05) is 14.2 Å². The number of carbonyl (C=O) groups is 1. The number of rotatable bonds is 5. The van der Waals surface area contributed by atoms with Gasteiger partial charge in [0.1, 0.15) is 17.1 Å². The lowest BCUT2D eigenvalue weighted by molar-refractivity contribution is -0.147. The molecule has 0 aliphatic carbocycles. The Hall–Kier alpha value is -3.28. The first-order valence-corrected chi connectivity index (χ1v) is 8.41. The third-order valence-corrected chi connectivity index (χ3v) is 4.35. The Morgan fingerprint density at radius 2 is 1.78 bits per heavy atom. The van der Waals surface area contributed by atoms with E-state index in [2.05, 4.69) is 4.74 Å². The molecule has 140 valence electrons. The number of esters is 1. The molecule has 1 atom stereocenters. The molecule has 0 saturated heterocycles. The largest absolute Gasteiger partial charge is 0.497 e. The molecule has 3 aromatic rings. The summed E-state index contributed by atoms with van der Waals surface area (Å²) in [6.45, 7) is 3.38. The maximum atomic E-state index is 12.1. The summed E-state index contributed by atoms with van der Waals surface area (Å²) in [4.78, 5) is 23.7. The van der Waals surface area contributed by atoms with Crippen molar-refractivity contribution in [2.45, 2.75) is 20.0 Å². The lowest BCUT2D eigenvalue weighted by Crippen LogP contribution is -2.25. The number of fused-ring (bicyclic) bond motifs is 1. The highest BCUT2D eigenvalue weighted by atomic mass is 16.6. The first-order valence-electron chi connectivity index (χ1n) is 8.41. The second kappa shape index (κ2) is 7.53. The Balaban J connectivity index is 2.11. The van der Waals surface area contributed by atoms with Crippen LogP contribution in [0.3, 0.4) is 0 Å². The van der Waals surface area contributed by atoms with Crippen molar-refractivity contribution in [2.24, 2.45) is 0 Å².